The molecule has 3 N–H and O–H groups in total. The van der Waals surface area contributed by atoms with Gasteiger partial charge in [-0.3, -0.25) is 0 Å². The number of carbonyl (C=O) groups is 1. The molecule has 0 spiro atoms. The predicted octanol–water partition coefficient (Wildman–Crippen LogP) is 0.674. The lowest BCUT2D eigenvalue weighted by molar-refractivity contribution is 0.197. The van der Waals surface area contributed by atoms with Crippen LogP contribution in [0, 0.1) is 5.82 Å². The molecule has 20 heavy (non-hydrogen) atoms. The molecule has 2 saturated heterocycles. The molecule has 1 unspecified atom stereocenters. The number of halogens is 1. The summed E-state index contributed by atoms with van der Waals surface area (Å²) < 4.78 is 13.3. The van der Waals surface area contributed by atoms with E-state index in [1.807, 2.05) is 4.90 Å². The molecule has 7 heteroatoms. The van der Waals surface area contributed by atoms with E-state index in [1.165, 1.54) is 12.1 Å². The van der Waals surface area contributed by atoms with Crippen LogP contribution >= 0.6 is 12.2 Å². The number of thiocarbonyl (C=S) groups is 1. The minimum absolute atomic E-state index is 0.0108. The van der Waals surface area contributed by atoms with E-state index in [4.69, 9.17) is 18.0 Å². The van der Waals surface area contributed by atoms with Gasteiger partial charge in [-0.15, -0.1) is 0 Å². The molecule has 106 valence electrons. The highest BCUT2D eigenvalue weighted by molar-refractivity contribution is 7.80. The third kappa shape index (κ3) is 2.18. The van der Waals surface area contributed by atoms with Crippen molar-refractivity contribution in [3.8, 4) is 0 Å². The molecule has 5 nitrogen and oxygen atoms in total. The average molecular weight is 294 g/mol. The van der Waals surface area contributed by atoms with Crippen LogP contribution in [0.5, 0.6) is 0 Å². The van der Waals surface area contributed by atoms with Crippen LogP contribution in [0.3, 0.4) is 0 Å². The van der Waals surface area contributed by atoms with Gasteiger partial charge in [-0.1, -0.05) is 12.2 Å². The van der Waals surface area contributed by atoms with Crippen LogP contribution in [0.15, 0.2) is 18.2 Å². The average Bonchev–Trinajstić information content (AvgIpc) is 2.80. The van der Waals surface area contributed by atoms with Gasteiger partial charge in [0.2, 0.25) is 0 Å². The zero-order valence-corrected chi connectivity index (χ0v) is 11.6. The Bertz CT molecular complexity index is 579. The van der Waals surface area contributed by atoms with E-state index in [-0.39, 0.29) is 22.9 Å². The lowest BCUT2D eigenvalue weighted by Gasteiger charge is -2.38. The molecule has 0 bridgehead atoms. The Balaban J connectivity index is 1.87. The number of hydrogen-bond donors (Lipinski definition) is 2. The number of hydrogen-bond acceptors (Lipinski definition) is 3. The minimum Gasteiger partial charge on any atom is -0.389 e. The number of nitrogens with two attached hydrogens (primary N) is 1. The molecule has 1 atom stereocenters. The van der Waals surface area contributed by atoms with Gasteiger partial charge in [0.25, 0.3) is 0 Å². The summed E-state index contributed by atoms with van der Waals surface area (Å²) in [6.07, 6.45) is 0. The summed E-state index contributed by atoms with van der Waals surface area (Å²) in [5, 5.41) is 2.83. The van der Waals surface area contributed by atoms with Crippen LogP contribution in [0.2, 0.25) is 0 Å². The first kappa shape index (κ1) is 13.1. The second kappa shape index (κ2) is 4.90. The number of rotatable bonds is 2. The van der Waals surface area contributed by atoms with Gasteiger partial charge < -0.3 is 20.9 Å². The lowest BCUT2D eigenvalue weighted by Crippen LogP contribution is -2.52. The van der Waals surface area contributed by atoms with Crippen LogP contribution in [0.1, 0.15) is 5.56 Å². The Hall–Kier alpha value is -1.89. The molecule has 0 aromatic heterocycles. The maximum Gasteiger partial charge on any atom is 0.317 e. The molecule has 2 aliphatic heterocycles. The van der Waals surface area contributed by atoms with Gasteiger partial charge >= 0.3 is 6.03 Å². The number of urea groups is 1. The van der Waals surface area contributed by atoms with E-state index in [9.17, 15) is 9.18 Å². The van der Waals surface area contributed by atoms with Crippen LogP contribution in [0.25, 0.3) is 0 Å². The number of nitrogens with one attached hydrogen (secondary N) is 1. The van der Waals surface area contributed by atoms with Crippen molar-refractivity contribution in [2.45, 2.75) is 6.04 Å². The number of benzene rings is 1. The zero-order valence-electron chi connectivity index (χ0n) is 10.8. The first-order valence-corrected chi connectivity index (χ1v) is 6.86. The van der Waals surface area contributed by atoms with E-state index < -0.39 is 0 Å². The third-order valence-electron chi connectivity index (χ3n) is 3.80. The normalized spacial score (nSPS) is 21.6. The predicted molar refractivity (Wildman–Crippen MR) is 78.4 cm³/mol. The van der Waals surface area contributed by atoms with Gasteiger partial charge in [-0.05, 0) is 18.2 Å². The smallest absolute Gasteiger partial charge is 0.317 e. The maximum absolute atomic E-state index is 13.3. The highest BCUT2D eigenvalue weighted by Crippen LogP contribution is 2.25. The largest absolute Gasteiger partial charge is 0.389 e. The van der Waals surface area contributed by atoms with Gasteiger partial charge in [0.1, 0.15) is 10.8 Å². The molecule has 1 aromatic rings. The molecule has 2 heterocycles. The summed E-state index contributed by atoms with van der Waals surface area (Å²) in [4.78, 5) is 15.7. The zero-order chi connectivity index (χ0) is 14.3. The van der Waals surface area contributed by atoms with E-state index in [0.29, 0.717) is 31.7 Å². The minimum atomic E-state index is -0.354. The second-order valence-corrected chi connectivity index (χ2v) is 5.44. The number of fused-ring (bicyclic) bond motifs is 1. The van der Waals surface area contributed by atoms with Crippen molar-refractivity contribution in [2.75, 3.05) is 31.1 Å². The molecule has 0 radical (unpaired) electrons. The third-order valence-corrected chi connectivity index (χ3v) is 4.02. The summed E-state index contributed by atoms with van der Waals surface area (Å²) in [6.45, 7) is 2.66. The van der Waals surface area contributed by atoms with Crippen LogP contribution in [-0.2, 0) is 0 Å². The van der Waals surface area contributed by atoms with Crippen molar-refractivity contribution in [1.29, 1.82) is 0 Å². The summed E-state index contributed by atoms with van der Waals surface area (Å²) in [7, 11) is 0. The molecule has 2 fully saturated rings. The highest BCUT2D eigenvalue weighted by atomic mass is 32.1. The molecule has 2 amide bonds. The van der Waals surface area contributed by atoms with E-state index in [2.05, 4.69) is 10.2 Å². The van der Waals surface area contributed by atoms with Gasteiger partial charge in [0.15, 0.2) is 0 Å². The van der Waals surface area contributed by atoms with Crippen LogP contribution in [-0.4, -0.2) is 48.1 Å². The SMILES string of the molecule is NC(=S)c1cc(F)ccc1N1CCN2C(=O)NCC2C1. The standard InChI is InChI=1S/C13H15FN4OS/c14-8-1-2-11(10(5-8)12(15)20)17-3-4-18-9(7-17)6-16-13(18)19/h1-2,5,9H,3-4,6-7H2,(H2,15,20)(H,16,19). The van der Waals surface area contributed by atoms with E-state index in [1.54, 1.807) is 6.07 Å². The molecule has 2 aliphatic rings. The first-order valence-electron chi connectivity index (χ1n) is 6.45. The Labute approximate surface area is 121 Å². The second-order valence-electron chi connectivity index (χ2n) is 5.01. The molecule has 0 saturated carbocycles. The maximum atomic E-state index is 13.3. The highest BCUT2D eigenvalue weighted by Gasteiger charge is 2.36. The van der Waals surface area contributed by atoms with Gasteiger partial charge in [-0.25, -0.2) is 9.18 Å². The number of carbonyl (C=O) groups excluding carboxylic acids is 1. The molecular formula is C13H15FN4OS. The fourth-order valence-electron chi connectivity index (χ4n) is 2.80. The number of nitrogens with zero attached hydrogens (tertiary/aromatic N) is 2. The van der Waals surface area contributed by atoms with Gasteiger partial charge in [-0.2, -0.15) is 0 Å². The molecule has 0 aliphatic carbocycles. The van der Waals surface area contributed by atoms with Gasteiger partial charge in [0.05, 0.1) is 6.04 Å². The van der Waals surface area contributed by atoms with Crippen molar-refractivity contribution >= 4 is 28.9 Å². The Morgan fingerprint density at radius 3 is 3.00 bits per heavy atom. The number of piperazine rings is 1. The van der Waals surface area contributed by atoms with E-state index in [0.717, 1.165) is 5.69 Å². The Morgan fingerprint density at radius 1 is 1.45 bits per heavy atom. The molecule has 3 rings (SSSR count). The fraction of sp³-hybridized carbons (Fsp3) is 0.385. The van der Waals surface area contributed by atoms with Crippen molar-refractivity contribution in [1.82, 2.24) is 10.2 Å². The van der Waals surface area contributed by atoms with Crippen LogP contribution < -0.4 is 16.0 Å². The monoisotopic (exact) mass is 294 g/mol. The van der Waals surface area contributed by atoms with Crippen molar-refractivity contribution in [3.05, 3.63) is 29.6 Å². The molecule has 1 aromatic carbocycles. The summed E-state index contributed by atoms with van der Waals surface area (Å²) >= 11 is 5.00. The van der Waals surface area contributed by atoms with Crippen molar-refractivity contribution in [3.63, 3.8) is 0 Å². The first-order chi connectivity index (χ1) is 9.56. The van der Waals surface area contributed by atoms with E-state index >= 15 is 0 Å². The van der Waals surface area contributed by atoms with Crippen molar-refractivity contribution in [2.24, 2.45) is 5.73 Å². The topological polar surface area (TPSA) is 61.6 Å². The van der Waals surface area contributed by atoms with Crippen LogP contribution in [0.4, 0.5) is 14.9 Å². The summed E-state index contributed by atoms with van der Waals surface area (Å²) in [6, 6.07) is 4.59. The van der Waals surface area contributed by atoms with Gasteiger partial charge in [0, 0.05) is 37.4 Å². The van der Waals surface area contributed by atoms with Crippen molar-refractivity contribution < 1.29 is 9.18 Å². The Kier molecular flexibility index (Phi) is 3.21. The summed E-state index contributed by atoms with van der Waals surface area (Å²) in [5.74, 6) is -0.354. The lowest BCUT2D eigenvalue weighted by atomic mass is 10.1. The Morgan fingerprint density at radius 2 is 2.25 bits per heavy atom. The quantitative estimate of drug-likeness (QED) is 0.787. The summed E-state index contributed by atoms with van der Waals surface area (Å²) in [5.41, 5.74) is 7.06. The fourth-order valence-corrected chi connectivity index (χ4v) is 2.97. The number of amides is 2. The number of anilines is 1. The molecular weight excluding hydrogens is 279 g/mol.